The molecule has 2 aromatic carbocycles. The third-order valence-electron chi connectivity index (χ3n) is 4.19. The Morgan fingerprint density at radius 3 is 2.24 bits per heavy atom. The number of hydrogen-bond donors (Lipinski definition) is 1. The normalized spacial score (nSPS) is 15.6. The number of ether oxygens (including phenoxy) is 1. The van der Waals surface area contributed by atoms with E-state index in [1.165, 1.54) is 31.4 Å². The average Bonchev–Trinajstić information content (AvgIpc) is 3.45. The molecule has 1 aliphatic rings. The van der Waals surface area contributed by atoms with Gasteiger partial charge in [0.2, 0.25) is 10.0 Å². The number of carbonyl (C=O) groups is 1. The lowest BCUT2D eigenvalue weighted by Crippen LogP contribution is -2.30. The topological polar surface area (TPSA) is 72.5 Å². The molecule has 1 saturated carbocycles. The molecule has 1 fully saturated rings. The Hall–Kier alpha value is -1.89. The monoisotopic (exact) mass is 379 g/mol. The Kier molecular flexibility index (Phi) is 5.13. The van der Waals surface area contributed by atoms with E-state index < -0.39 is 16.0 Å². The fourth-order valence-electron chi connectivity index (χ4n) is 2.66. The second-order valence-corrected chi connectivity index (χ2v) is 8.15. The molecule has 0 radical (unpaired) electrons. The number of benzene rings is 2. The third kappa shape index (κ3) is 4.21. The number of esters is 1. The second kappa shape index (κ2) is 7.15. The number of hydrogen-bond acceptors (Lipinski definition) is 4. The molecule has 7 heteroatoms. The van der Waals surface area contributed by atoms with Gasteiger partial charge in [0.1, 0.15) is 0 Å². The van der Waals surface area contributed by atoms with Crippen LogP contribution in [0.15, 0.2) is 53.4 Å². The lowest BCUT2D eigenvalue weighted by Gasteiger charge is -2.19. The molecule has 3 rings (SSSR count). The Morgan fingerprint density at radius 2 is 1.72 bits per heavy atom. The van der Waals surface area contributed by atoms with Gasteiger partial charge in [-0.15, -0.1) is 0 Å². The Morgan fingerprint density at radius 1 is 1.12 bits per heavy atom. The molecule has 0 spiro atoms. The second-order valence-electron chi connectivity index (χ2n) is 6.00. The quantitative estimate of drug-likeness (QED) is 0.779. The maximum absolute atomic E-state index is 12.7. The van der Waals surface area contributed by atoms with Gasteiger partial charge >= 0.3 is 5.97 Å². The maximum Gasteiger partial charge on any atom is 0.337 e. The Labute approximate surface area is 152 Å². The zero-order valence-corrected chi connectivity index (χ0v) is 15.2. The molecule has 2 aromatic rings. The summed E-state index contributed by atoms with van der Waals surface area (Å²) in [6.07, 6.45) is 1.97. The van der Waals surface area contributed by atoms with Crippen LogP contribution in [0.2, 0.25) is 5.02 Å². The van der Waals surface area contributed by atoms with Gasteiger partial charge in [-0.05, 0) is 60.7 Å². The molecule has 132 valence electrons. The zero-order chi connectivity index (χ0) is 18.0. The van der Waals surface area contributed by atoms with E-state index >= 15 is 0 Å². The van der Waals surface area contributed by atoms with Crippen molar-refractivity contribution >= 4 is 27.6 Å². The van der Waals surface area contributed by atoms with Gasteiger partial charge in [-0.3, -0.25) is 0 Å². The molecule has 0 bridgehead atoms. The van der Waals surface area contributed by atoms with E-state index in [9.17, 15) is 13.2 Å². The van der Waals surface area contributed by atoms with Crippen molar-refractivity contribution in [3.63, 3.8) is 0 Å². The minimum Gasteiger partial charge on any atom is -0.465 e. The van der Waals surface area contributed by atoms with Crippen molar-refractivity contribution in [1.82, 2.24) is 4.72 Å². The van der Waals surface area contributed by atoms with E-state index in [0.29, 0.717) is 10.6 Å². The first-order chi connectivity index (χ1) is 11.9. The van der Waals surface area contributed by atoms with Gasteiger partial charge in [0.15, 0.2) is 0 Å². The molecule has 1 N–H and O–H groups in total. The SMILES string of the molecule is COC(=O)c1ccc(S(=O)(=O)N[C@@H](c2ccc(Cl)cc2)C2CC2)cc1. The molecule has 0 amide bonds. The van der Waals surface area contributed by atoms with Crippen molar-refractivity contribution in [3.05, 3.63) is 64.7 Å². The minimum atomic E-state index is -3.71. The molecule has 25 heavy (non-hydrogen) atoms. The molecule has 1 aliphatic carbocycles. The van der Waals surface area contributed by atoms with Gasteiger partial charge in [0.05, 0.1) is 17.6 Å². The van der Waals surface area contributed by atoms with Crippen LogP contribution in [0.3, 0.4) is 0 Å². The van der Waals surface area contributed by atoms with Crippen molar-refractivity contribution in [2.75, 3.05) is 7.11 Å². The van der Waals surface area contributed by atoms with E-state index in [4.69, 9.17) is 11.6 Å². The molecule has 0 heterocycles. The fraction of sp³-hybridized carbons (Fsp3) is 0.278. The molecule has 0 aliphatic heterocycles. The van der Waals surface area contributed by atoms with Gasteiger partial charge in [-0.1, -0.05) is 23.7 Å². The van der Waals surface area contributed by atoms with Crippen molar-refractivity contribution in [2.45, 2.75) is 23.8 Å². The van der Waals surface area contributed by atoms with Gasteiger partial charge < -0.3 is 4.74 Å². The molecule has 1 atom stereocenters. The van der Waals surface area contributed by atoms with Crippen LogP contribution >= 0.6 is 11.6 Å². The molecule has 0 aromatic heterocycles. The Balaban J connectivity index is 1.83. The van der Waals surface area contributed by atoms with Crippen molar-refractivity contribution < 1.29 is 17.9 Å². The standard InChI is InChI=1S/C18H18ClNO4S/c1-24-18(21)14-6-10-16(11-7-14)25(22,23)20-17(12-2-3-12)13-4-8-15(19)9-5-13/h4-12,17,20H,2-3H2,1H3/t17-/m1/s1. The van der Waals surface area contributed by atoms with E-state index in [0.717, 1.165) is 18.4 Å². The first-order valence-corrected chi connectivity index (χ1v) is 9.73. The summed E-state index contributed by atoms with van der Waals surface area (Å²) < 4.78 is 32.8. The number of carbonyl (C=O) groups excluding carboxylic acids is 1. The molecule has 5 nitrogen and oxygen atoms in total. The van der Waals surface area contributed by atoms with Crippen LogP contribution in [-0.4, -0.2) is 21.5 Å². The zero-order valence-electron chi connectivity index (χ0n) is 13.6. The van der Waals surface area contributed by atoms with Gasteiger partial charge in [-0.25, -0.2) is 17.9 Å². The largest absolute Gasteiger partial charge is 0.465 e. The number of sulfonamides is 1. The highest BCUT2D eigenvalue weighted by Crippen LogP contribution is 2.42. The van der Waals surface area contributed by atoms with E-state index in [1.807, 2.05) is 12.1 Å². The summed E-state index contributed by atoms with van der Waals surface area (Å²) in [5.41, 5.74) is 1.19. The highest BCUT2D eigenvalue weighted by molar-refractivity contribution is 7.89. The van der Waals surface area contributed by atoms with E-state index in [1.54, 1.807) is 12.1 Å². The van der Waals surface area contributed by atoms with Gasteiger partial charge in [-0.2, -0.15) is 0 Å². The predicted molar refractivity (Wildman–Crippen MR) is 95.0 cm³/mol. The number of rotatable bonds is 6. The maximum atomic E-state index is 12.7. The summed E-state index contributed by atoms with van der Waals surface area (Å²) in [7, 11) is -2.43. The number of nitrogens with one attached hydrogen (secondary N) is 1. The predicted octanol–water partition coefficient (Wildman–Crippen LogP) is 3.56. The third-order valence-corrected chi connectivity index (χ3v) is 5.90. The number of methoxy groups -OCH3 is 1. The van der Waals surface area contributed by atoms with Gasteiger partial charge in [0, 0.05) is 11.1 Å². The van der Waals surface area contributed by atoms with Crippen molar-refractivity contribution in [1.29, 1.82) is 0 Å². The van der Waals surface area contributed by atoms with Crippen LogP contribution in [-0.2, 0) is 14.8 Å². The summed E-state index contributed by atoms with van der Waals surface area (Å²) in [5, 5.41) is 0.611. The first kappa shape index (κ1) is 17.9. The van der Waals surface area contributed by atoms with E-state index in [-0.39, 0.29) is 16.9 Å². The summed E-state index contributed by atoms with van der Waals surface area (Å²) in [4.78, 5) is 11.6. The Bertz CT molecular complexity index is 859. The lowest BCUT2D eigenvalue weighted by atomic mass is 10.0. The summed E-state index contributed by atoms with van der Waals surface area (Å²) in [6.45, 7) is 0. The minimum absolute atomic E-state index is 0.111. The summed E-state index contributed by atoms with van der Waals surface area (Å²) >= 11 is 5.92. The van der Waals surface area contributed by atoms with Crippen LogP contribution in [0, 0.1) is 5.92 Å². The average molecular weight is 380 g/mol. The first-order valence-electron chi connectivity index (χ1n) is 7.87. The van der Waals surface area contributed by atoms with Crippen LogP contribution < -0.4 is 4.72 Å². The summed E-state index contributed by atoms with van der Waals surface area (Å²) in [5.74, 6) is -0.223. The smallest absolute Gasteiger partial charge is 0.337 e. The molecule has 0 unspecified atom stereocenters. The highest BCUT2D eigenvalue weighted by Gasteiger charge is 2.35. The van der Waals surface area contributed by atoms with Crippen LogP contribution in [0.4, 0.5) is 0 Å². The summed E-state index contributed by atoms with van der Waals surface area (Å²) in [6, 6.07) is 12.6. The number of halogens is 1. The van der Waals surface area contributed by atoms with E-state index in [2.05, 4.69) is 9.46 Å². The fourth-order valence-corrected chi connectivity index (χ4v) is 4.08. The van der Waals surface area contributed by atoms with Crippen LogP contribution in [0.1, 0.15) is 34.8 Å². The van der Waals surface area contributed by atoms with Gasteiger partial charge in [0.25, 0.3) is 0 Å². The van der Waals surface area contributed by atoms with Crippen LogP contribution in [0.25, 0.3) is 0 Å². The molecular formula is C18H18ClNO4S. The van der Waals surface area contributed by atoms with Crippen molar-refractivity contribution in [2.24, 2.45) is 5.92 Å². The molecular weight excluding hydrogens is 362 g/mol. The van der Waals surface area contributed by atoms with Crippen molar-refractivity contribution in [3.8, 4) is 0 Å². The lowest BCUT2D eigenvalue weighted by molar-refractivity contribution is 0.0600. The molecule has 0 saturated heterocycles. The van der Waals surface area contributed by atoms with Crippen LogP contribution in [0.5, 0.6) is 0 Å². The highest BCUT2D eigenvalue weighted by atomic mass is 35.5.